The van der Waals surface area contributed by atoms with Crippen LogP contribution < -0.4 is 5.32 Å². The van der Waals surface area contributed by atoms with Crippen LogP contribution in [0.3, 0.4) is 0 Å². The molecule has 0 fully saturated rings. The minimum Gasteiger partial charge on any atom is -0.312 e. The smallest absolute Gasteiger partial charge is 0.257 e. The highest BCUT2D eigenvalue weighted by Gasteiger charge is 2.13. The number of nitrogens with one attached hydrogen (secondary N) is 1. The van der Waals surface area contributed by atoms with E-state index in [9.17, 15) is 4.79 Å². The predicted molar refractivity (Wildman–Crippen MR) is 75.9 cm³/mol. The molecule has 0 bridgehead atoms. The Balaban J connectivity index is 2.25. The molecular weight excluding hydrogens is 312 g/mol. The first kappa shape index (κ1) is 12.8. The first-order chi connectivity index (χ1) is 8.61. The van der Waals surface area contributed by atoms with Crippen molar-refractivity contribution >= 4 is 38.2 Å². The largest absolute Gasteiger partial charge is 0.312 e. The Morgan fingerprint density at radius 2 is 2.22 bits per heavy atom. The Morgan fingerprint density at radius 3 is 2.89 bits per heavy atom. The van der Waals surface area contributed by atoms with Gasteiger partial charge in [-0.05, 0) is 52.0 Å². The summed E-state index contributed by atoms with van der Waals surface area (Å²) in [6.07, 6.45) is 0. The summed E-state index contributed by atoms with van der Waals surface area (Å²) in [4.78, 5) is 12.1. The van der Waals surface area contributed by atoms with E-state index < -0.39 is 0 Å². The summed E-state index contributed by atoms with van der Waals surface area (Å²) in [6.45, 7) is 1.96. The van der Waals surface area contributed by atoms with E-state index in [2.05, 4.69) is 21.2 Å². The normalized spacial score (nSPS) is 9.83. The summed E-state index contributed by atoms with van der Waals surface area (Å²) < 4.78 is 0.745. The van der Waals surface area contributed by atoms with Crippen LogP contribution in [0.15, 0.2) is 34.1 Å². The molecule has 1 aromatic heterocycles. The number of nitrogens with zero attached hydrogens (tertiary/aromatic N) is 1. The van der Waals surface area contributed by atoms with Crippen LogP contribution in [-0.2, 0) is 0 Å². The molecule has 0 atom stereocenters. The van der Waals surface area contributed by atoms with Crippen molar-refractivity contribution in [3.63, 3.8) is 0 Å². The van der Waals surface area contributed by atoms with Gasteiger partial charge in [0.2, 0.25) is 0 Å². The Morgan fingerprint density at radius 1 is 1.44 bits per heavy atom. The standard InChI is InChI=1S/C13H9BrN2OS/c1-8-2-3-10(11(14)6-8)12(17)16-13-9(7-15)4-5-18-13/h2-6H,1H3,(H,16,17). The highest BCUT2D eigenvalue weighted by Crippen LogP contribution is 2.25. The fourth-order valence-electron chi connectivity index (χ4n) is 1.47. The third-order valence-electron chi connectivity index (χ3n) is 2.38. The zero-order chi connectivity index (χ0) is 13.1. The summed E-state index contributed by atoms with van der Waals surface area (Å²) in [6, 6.07) is 9.24. The van der Waals surface area contributed by atoms with Crippen molar-refractivity contribution in [2.75, 3.05) is 5.32 Å². The molecule has 0 radical (unpaired) electrons. The number of rotatable bonds is 2. The van der Waals surface area contributed by atoms with Crippen LogP contribution in [0.4, 0.5) is 5.00 Å². The van der Waals surface area contributed by atoms with Crippen LogP contribution in [-0.4, -0.2) is 5.91 Å². The zero-order valence-corrected chi connectivity index (χ0v) is 11.9. The number of halogens is 1. The number of nitriles is 1. The van der Waals surface area contributed by atoms with Gasteiger partial charge >= 0.3 is 0 Å². The second kappa shape index (κ2) is 5.34. The number of hydrogen-bond donors (Lipinski definition) is 1. The van der Waals surface area contributed by atoms with Crippen LogP contribution in [0, 0.1) is 18.3 Å². The maximum absolute atomic E-state index is 12.1. The van der Waals surface area contributed by atoms with E-state index in [1.165, 1.54) is 11.3 Å². The van der Waals surface area contributed by atoms with Crippen molar-refractivity contribution in [2.45, 2.75) is 6.92 Å². The van der Waals surface area contributed by atoms with E-state index in [1.54, 1.807) is 17.5 Å². The molecule has 1 heterocycles. The number of benzene rings is 1. The van der Waals surface area contributed by atoms with Gasteiger partial charge in [-0.2, -0.15) is 5.26 Å². The Labute approximate surface area is 117 Å². The molecule has 18 heavy (non-hydrogen) atoms. The second-order valence-electron chi connectivity index (χ2n) is 3.71. The molecule has 1 aromatic carbocycles. The lowest BCUT2D eigenvalue weighted by atomic mass is 10.1. The minimum absolute atomic E-state index is 0.221. The molecule has 5 heteroatoms. The maximum atomic E-state index is 12.1. The fourth-order valence-corrected chi connectivity index (χ4v) is 2.87. The number of carbonyl (C=O) groups is 1. The van der Waals surface area contributed by atoms with Gasteiger partial charge in [0, 0.05) is 4.47 Å². The predicted octanol–water partition coefficient (Wildman–Crippen LogP) is 3.94. The van der Waals surface area contributed by atoms with Gasteiger partial charge in [0.15, 0.2) is 0 Å². The van der Waals surface area contributed by atoms with E-state index >= 15 is 0 Å². The van der Waals surface area contributed by atoms with E-state index in [-0.39, 0.29) is 5.91 Å². The molecule has 2 rings (SSSR count). The third-order valence-corrected chi connectivity index (χ3v) is 3.87. The molecule has 0 aliphatic rings. The topological polar surface area (TPSA) is 52.9 Å². The number of anilines is 1. The Kier molecular flexibility index (Phi) is 3.80. The van der Waals surface area contributed by atoms with Gasteiger partial charge in [-0.25, -0.2) is 0 Å². The molecule has 1 amide bonds. The second-order valence-corrected chi connectivity index (χ2v) is 5.48. The van der Waals surface area contributed by atoms with Crippen molar-refractivity contribution in [1.82, 2.24) is 0 Å². The lowest BCUT2D eigenvalue weighted by molar-refractivity contribution is 0.102. The number of aryl methyl sites for hydroxylation is 1. The van der Waals surface area contributed by atoms with Gasteiger partial charge in [0.05, 0.1) is 11.1 Å². The summed E-state index contributed by atoms with van der Waals surface area (Å²) in [5.41, 5.74) is 2.11. The molecule has 0 saturated heterocycles. The van der Waals surface area contributed by atoms with Crippen LogP contribution in [0.5, 0.6) is 0 Å². The average molecular weight is 321 g/mol. The zero-order valence-electron chi connectivity index (χ0n) is 9.53. The minimum atomic E-state index is -0.221. The van der Waals surface area contributed by atoms with Crippen LogP contribution >= 0.6 is 27.3 Å². The highest BCUT2D eigenvalue weighted by atomic mass is 79.9. The van der Waals surface area contributed by atoms with E-state index in [1.807, 2.05) is 25.1 Å². The van der Waals surface area contributed by atoms with E-state index in [0.29, 0.717) is 16.1 Å². The number of thiophene rings is 1. The fraction of sp³-hybridized carbons (Fsp3) is 0.0769. The third kappa shape index (κ3) is 2.61. The van der Waals surface area contributed by atoms with E-state index in [0.717, 1.165) is 10.0 Å². The van der Waals surface area contributed by atoms with Gasteiger partial charge in [-0.15, -0.1) is 11.3 Å². The monoisotopic (exact) mass is 320 g/mol. The summed E-state index contributed by atoms with van der Waals surface area (Å²) in [5, 5.41) is 14.0. The molecule has 3 nitrogen and oxygen atoms in total. The molecule has 0 spiro atoms. The van der Waals surface area contributed by atoms with Crippen LogP contribution in [0.25, 0.3) is 0 Å². The summed E-state index contributed by atoms with van der Waals surface area (Å²) in [5.74, 6) is -0.221. The van der Waals surface area contributed by atoms with Crippen molar-refractivity contribution < 1.29 is 4.79 Å². The quantitative estimate of drug-likeness (QED) is 0.911. The van der Waals surface area contributed by atoms with Gasteiger partial charge in [-0.1, -0.05) is 6.07 Å². The first-order valence-corrected chi connectivity index (χ1v) is 6.84. The van der Waals surface area contributed by atoms with Crippen molar-refractivity contribution in [2.24, 2.45) is 0 Å². The summed E-state index contributed by atoms with van der Waals surface area (Å²) in [7, 11) is 0. The molecule has 0 aliphatic heterocycles. The Hall–Kier alpha value is -1.64. The maximum Gasteiger partial charge on any atom is 0.257 e. The first-order valence-electron chi connectivity index (χ1n) is 5.17. The molecule has 0 unspecified atom stereocenters. The van der Waals surface area contributed by atoms with Crippen molar-refractivity contribution in [3.05, 3.63) is 50.8 Å². The van der Waals surface area contributed by atoms with E-state index in [4.69, 9.17) is 5.26 Å². The molecule has 90 valence electrons. The van der Waals surface area contributed by atoms with Crippen molar-refractivity contribution in [1.29, 1.82) is 5.26 Å². The molecule has 1 N–H and O–H groups in total. The van der Waals surface area contributed by atoms with Gasteiger partial charge in [0.25, 0.3) is 5.91 Å². The number of carbonyl (C=O) groups excluding carboxylic acids is 1. The molecular formula is C13H9BrN2OS. The molecule has 0 aliphatic carbocycles. The lowest BCUT2D eigenvalue weighted by Crippen LogP contribution is -2.12. The lowest BCUT2D eigenvalue weighted by Gasteiger charge is -2.06. The molecule has 2 aromatic rings. The Bertz CT molecular complexity index is 643. The van der Waals surface area contributed by atoms with Gasteiger partial charge in [-0.3, -0.25) is 4.79 Å². The summed E-state index contributed by atoms with van der Waals surface area (Å²) >= 11 is 4.70. The van der Waals surface area contributed by atoms with Crippen molar-refractivity contribution in [3.8, 4) is 6.07 Å². The van der Waals surface area contributed by atoms with Gasteiger partial charge < -0.3 is 5.32 Å². The number of amides is 1. The average Bonchev–Trinajstić information content (AvgIpc) is 2.76. The SMILES string of the molecule is Cc1ccc(C(=O)Nc2sccc2C#N)c(Br)c1. The molecule has 0 saturated carbocycles. The number of hydrogen-bond acceptors (Lipinski definition) is 3. The van der Waals surface area contributed by atoms with Crippen LogP contribution in [0.2, 0.25) is 0 Å². The van der Waals surface area contributed by atoms with Gasteiger partial charge in [0.1, 0.15) is 11.1 Å². The van der Waals surface area contributed by atoms with Crippen LogP contribution in [0.1, 0.15) is 21.5 Å². The highest BCUT2D eigenvalue weighted by molar-refractivity contribution is 9.10.